The van der Waals surface area contributed by atoms with Crippen molar-refractivity contribution in [3.8, 4) is 0 Å². The number of aryl methyl sites for hydroxylation is 1. The van der Waals surface area contributed by atoms with E-state index in [4.69, 9.17) is 0 Å². The Balaban J connectivity index is 2.35. The molecule has 0 spiro atoms. The first-order valence-corrected chi connectivity index (χ1v) is 7.91. The average Bonchev–Trinajstić information content (AvgIpc) is 2.41. The third kappa shape index (κ3) is 3.46. The fourth-order valence-corrected chi connectivity index (χ4v) is 3.49. The van der Waals surface area contributed by atoms with Crippen molar-refractivity contribution in [1.29, 1.82) is 0 Å². The van der Waals surface area contributed by atoms with Gasteiger partial charge >= 0.3 is 0 Å². The minimum absolute atomic E-state index is 0.0449. The van der Waals surface area contributed by atoms with Gasteiger partial charge in [0, 0.05) is 12.4 Å². The van der Waals surface area contributed by atoms with Crippen molar-refractivity contribution in [1.82, 2.24) is 9.71 Å². The standard InChI is InChI=1S/C15H17FN2O2S/c1-11-10-13(4-5-14(11)16)21(19,20)18-15(2,3)12-6-8-17-9-7-12/h4-10,18H,1-3H3. The van der Waals surface area contributed by atoms with Gasteiger partial charge in [0.05, 0.1) is 10.4 Å². The zero-order chi connectivity index (χ0) is 15.7. The molecule has 4 nitrogen and oxygen atoms in total. The maximum absolute atomic E-state index is 13.3. The molecule has 0 saturated carbocycles. The first kappa shape index (κ1) is 15.6. The van der Waals surface area contributed by atoms with Crippen LogP contribution < -0.4 is 4.72 Å². The summed E-state index contributed by atoms with van der Waals surface area (Å²) in [6.07, 6.45) is 3.21. The smallest absolute Gasteiger partial charge is 0.241 e. The fourth-order valence-electron chi connectivity index (χ4n) is 2.01. The van der Waals surface area contributed by atoms with Crippen LogP contribution in [0.2, 0.25) is 0 Å². The van der Waals surface area contributed by atoms with E-state index in [1.807, 2.05) is 0 Å². The number of benzene rings is 1. The molecule has 1 heterocycles. The molecule has 0 saturated heterocycles. The minimum atomic E-state index is -3.74. The molecule has 112 valence electrons. The highest BCUT2D eigenvalue weighted by atomic mass is 32.2. The van der Waals surface area contributed by atoms with Gasteiger partial charge in [0.1, 0.15) is 5.82 Å². The largest absolute Gasteiger partial charge is 0.265 e. The van der Waals surface area contributed by atoms with E-state index in [1.165, 1.54) is 19.1 Å². The van der Waals surface area contributed by atoms with Crippen molar-refractivity contribution in [2.45, 2.75) is 31.2 Å². The lowest BCUT2D eigenvalue weighted by molar-refractivity contribution is 0.471. The third-order valence-electron chi connectivity index (χ3n) is 3.23. The summed E-state index contributed by atoms with van der Waals surface area (Å²) in [6.45, 7) is 5.05. The quantitative estimate of drug-likeness (QED) is 0.945. The molecular formula is C15H17FN2O2S. The second-order valence-corrected chi connectivity index (χ2v) is 7.06. The molecule has 1 aromatic heterocycles. The second-order valence-electron chi connectivity index (χ2n) is 5.38. The van der Waals surface area contributed by atoms with E-state index in [-0.39, 0.29) is 4.90 Å². The van der Waals surface area contributed by atoms with Crippen LogP contribution in [-0.2, 0) is 15.6 Å². The Kier molecular flexibility index (Phi) is 4.11. The molecule has 2 rings (SSSR count). The van der Waals surface area contributed by atoms with Gasteiger partial charge in [-0.15, -0.1) is 0 Å². The monoisotopic (exact) mass is 308 g/mol. The average molecular weight is 308 g/mol. The van der Waals surface area contributed by atoms with Gasteiger partial charge in [-0.25, -0.2) is 17.5 Å². The van der Waals surface area contributed by atoms with Crippen molar-refractivity contribution in [2.24, 2.45) is 0 Å². The van der Waals surface area contributed by atoms with E-state index < -0.39 is 21.4 Å². The molecule has 0 fully saturated rings. The molecule has 6 heteroatoms. The summed E-state index contributed by atoms with van der Waals surface area (Å²) < 4.78 is 40.8. The molecule has 0 aliphatic heterocycles. The van der Waals surface area contributed by atoms with E-state index >= 15 is 0 Å². The maximum atomic E-state index is 13.3. The highest BCUT2D eigenvalue weighted by molar-refractivity contribution is 7.89. The Morgan fingerprint density at radius 3 is 2.33 bits per heavy atom. The lowest BCUT2D eigenvalue weighted by atomic mass is 9.97. The predicted molar refractivity (Wildman–Crippen MR) is 78.7 cm³/mol. The van der Waals surface area contributed by atoms with Crippen LogP contribution in [0, 0.1) is 12.7 Å². The molecule has 0 bridgehead atoms. The van der Waals surface area contributed by atoms with Crippen LogP contribution in [0.5, 0.6) is 0 Å². The number of hydrogen-bond acceptors (Lipinski definition) is 3. The SMILES string of the molecule is Cc1cc(S(=O)(=O)NC(C)(C)c2ccncc2)ccc1F. The van der Waals surface area contributed by atoms with Crippen LogP contribution in [0.25, 0.3) is 0 Å². The normalized spacial score (nSPS) is 12.4. The van der Waals surface area contributed by atoms with Crippen LogP contribution >= 0.6 is 0 Å². The zero-order valence-electron chi connectivity index (χ0n) is 12.1. The number of pyridine rings is 1. The molecule has 1 aromatic carbocycles. The van der Waals surface area contributed by atoms with Crippen molar-refractivity contribution >= 4 is 10.0 Å². The lowest BCUT2D eigenvalue weighted by Crippen LogP contribution is -2.40. The van der Waals surface area contributed by atoms with Gasteiger partial charge in [-0.1, -0.05) is 0 Å². The molecule has 1 N–H and O–H groups in total. The lowest BCUT2D eigenvalue weighted by Gasteiger charge is -2.26. The summed E-state index contributed by atoms with van der Waals surface area (Å²) in [7, 11) is -3.74. The van der Waals surface area contributed by atoms with Gasteiger partial charge in [0.15, 0.2) is 0 Å². The molecule has 21 heavy (non-hydrogen) atoms. The highest BCUT2D eigenvalue weighted by Crippen LogP contribution is 2.23. The number of nitrogens with zero attached hydrogens (tertiary/aromatic N) is 1. The molecule has 0 aliphatic carbocycles. The topological polar surface area (TPSA) is 59.1 Å². The van der Waals surface area contributed by atoms with Gasteiger partial charge in [-0.2, -0.15) is 0 Å². The van der Waals surface area contributed by atoms with Crippen molar-refractivity contribution in [3.63, 3.8) is 0 Å². The Hall–Kier alpha value is -1.79. The van der Waals surface area contributed by atoms with Crippen LogP contribution in [0.1, 0.15) is 25.0 Å². The van der Waals surface area contributed by atoms with E-state index in [2.05, 4.69) is 9.71 Å². The fraction of sp³-hybridized carbons (Fsp3) is 0.267. The number of aromatic nitrogens is 1. The Labute approximate surface area is 124 Å². The van der Waals surface area contributed by atoms with Gasteiger partial charge in [-0.05, 0) is 62.2 Å². The number of rotatable bonds is 4. The third-order valence-corrected chi connectivity index (χ3v) is 4.88. The number of halogens is 1. The summed E-state index contributed by atoms with van der Waals surface area (Å²) in [5.41, 5.74) is 0.281. The van der Waals surface area contributed by atoms with Crippen LogP contribution in [0.3, 0.4) is 0 Å². The van der Waals surface area contributed by atoms with E-state index in [1.54, 1.807) is 38.4 Å². The first-order chi connectivity index (χ1) is 9.72. The molecule has 2 aromatic rings. The van der Waals surface area contributed by atoms with E-state index in [0.717, 1.165) is 11.6 Å². The van der Waals surface area contributed by atoms with Crippen molar-refractivity contribution < 1.29 is 12.8 Å². The molecule has 0 unspecified atom stereocenters. The summed E-state index contributed by atoms with van der Waals surface area (Å²) in [4.78, 5) is 3.96. The van der Waals surface area contributed by atoms with Crippen molar-refractivity contribution in [2.75, 3.05) is 0 Å². The predicted octanol–water partition coefficient (Wildman–Crippen LogP) is 2.74. The van der Waals surface area contributed by atoms with E-state index in [9.17, 15) is 12.8 Å². The van der Waals surface area contributed by atoms with Crippen LogP contribution in [0.4, 0.5) is 4.39 Å². The maximum Gasteiger partial charge on any atom is 0.241 e. The zero-order valence-corrected chi connectivity index (χ0v) is 12.9. The first-order valence-electron chi connectivity index (χ1n) is 6.43. The molecular weight excluding hydrogens is 291 g/mol. The number of hydrogen-bond donors (Lipinski definition) is 1. The Morgan fingerprint density at radius 2 is 1.76 bits per heavy atom. The molecule has 0 atom stereocenters. The highest BCUT2D eigenvalue weighted by Gasteiger charge is 2.28. The van der Waals surface area contributed by atoms with Crippen molar-refractivity contribution in [3.05, 3.63) is 59.7 Å². The van der Waals surface area contributed by atoms with Gasteiger partial charge in [-0.3, -0.25) is 4.98 Å². The van der Waals surface area contributed by atoms with Crippen LogP contribution in [0.15, 0.2) is 47.6 Å². The summed E-state index contributed by atoms with van der Waals surface area (Å²) in [5, 5.41) is 0. The van der Waals surface area contributed by atoms with Gasteiger partial charge in [0.25, 0.3) is 0 Å². The Bertz CT molecular complexity index is 744. The second kappa shape index (κ2) is 5.54. The number of nitrogens with one attached hydrogen (secondary N) is 1. The van der Waals surface area contributed by atoms with Crippen LogP contribution in [-0.4, -0.2) is 13.4 Å². The van der Waals surface area contributed by atoms with Gasteiger partial charge in [0.2, 0.25) is 10.0 Å². The number of sulfonamides is 1. The molecule has 0 amide bonds. The molecule has 0 aliphatic rings. The van der Waals surface area contributed by atoms with Gasteiger partial charge < -0.3 is 0 Å². The summed E-state index contributed by atoms with van der Waals surface area (Å²) in [6, 6.07) is 7.23. The van der Waals surface area contributed by atoms with E-state index in [0.29, 0.717) is 5.56 Å². The summed E-state index contributed by atoms with van der Waals surface area (Å²) >= 11 is 0. The summed E-state index contributed by atoms with van der Waals surface area (Å²) in [5.74, 6) is -0.428. The molecule has 0 radical (unpaired) electrons. The minimum Gasteiger partial charge on any atom is -0.265 e. The Morgan fingerprint density at radius 1 is 1.14 bits per heavy atom.